The molecule has 0 radical (unpaired) electrons. The van der Waals surface area contributed by atoms with Gasteiger partial charge in [-0.15, -0.1) is 0 Å². The van der Waals surface area contributed by atoms with Gasteiger partial charge in [0, 0.05) is 12.6 Å². The second-order valence-corrected chi connectivity index (χ2v) is 6.98. The number of nitrogens with zero attached hydrogens (tertiary/aromatic N) is 2. The van der Waals surface area contributed by atoms with E-state index >= 15 is 0 Å². The Morgan fingerprint density at radius 1 is 1.00 bits per heavy atom. The highest BCUT2D eigenvalue weighted by Crippen LogP contribution is 2.17. The van der Waals surface area contributed by atoms with E-state index in [-0.39, 0.29) is 0 Å². The van der Waals surface area contributed by atoms with Gasteiger partial charge in [0.15, 0.2) is 5.96 Å². The number of nitrogens with one attached hydrogen (secondary N) is 1. The molecule has 1 aromatic carbocycles. The number of hydrogen-bond donors (Lipinski definition) is 2. The minimum absolute atomic E-state index is 0.523. The third-order valence-corrected chi connectivity index (χ3v) is 5.02. The lowest BCUT2D eigenvalue weighted by Crippen LogP contribution is -2.41. The normalized spacial score (nSPS) is 20.8. The fourth-order valence-corrected chi connectivity index (χ4v) is 3.63. The van der Waals surface area contributed by atoms with Crippen LogP contribution in [0.4, 0.5) is 0 Å². The molecule has 1 aliphatic carbocycles. The zero-order valence-corrected chi connectivity index (χ0v) is 14.1. The summed E-state index contributed by atoms with van der Waals surface area (Å²) in [5, 5.41) is 3.37. The Balaban J connectivity index is 1.46. The quantitative estimate of drug-likeness (QED) is 0.649. The van der Waals surface area contributed by atoms with Crippen LogP contribution < -0.4 is 11.1 Å². The van der Waals surface area contributed by atoms with E-state index in [1.165, 1.54) is 69.2 Å². The fourth-order valence-electron chi connectivity index (χ4n) is 3.63. The number of nitrogens with two attached hydrogens (primary N) is 1. The van der Waals surface area contributed by atoms with E-state index in [1.54, 1.807) is 0 Å². The van der Waals surface area contributed by atoms with Crippen molar-refractivity contribution >= 4 is 5.96 Å². The van der Waals surface area contributed by atoms with E-state index in [9.17, 15) is 0 Å². The summed E-state index contributed by atoms with van der Waals surface area (Å²) in [4.78, 5) is 7.02. The van der Waals surface area contributed by atoms with Crippen molar-refractivity contribution in [1.82, 2.24) is 10.2 Å². The first-order valence-electron chi connectivity index (χ1n) is 9.16. The summed E-state index contributed by atoms with van der Waals surface area (Å²) in [6.07, 6.45) is 9.12. The fraction of sp³-hybridized carbons (Fsp3) is 0.632. The first kappa shape index (κ1) is 16.3. The smallest absolute Gasteiger partial charge is 0.189 e. The third-order valence-electron chi connectivity index (χ3n) is 5.02. The van der Waals surface area contributed by atoms with E-state index < -0.39 is 0 Å². The second kappa shape index (κ2) is 8.34. The van der Waals surface area contributed by atoms with E-state index in [0.29, 0.717) is 18.5 Å². The largest absolute Gasteiger partial charge is 0.370 e. The van der Waals surface area contributed by atoms with Gasteiger partial charge in [-0.05, 0) is 49.9 Å². The molecule has 0 spiro atoms. The SMILES string of the molecule is NC(=NCc1ccc(CN2CCCC2)cc1)NC1CCCCC1. The van der Waals surface area contributed by atoms with Crippen LogP contribution in [-0.4, -0.2) is 30.0 Å². The first-order valence-corrected chi connectivity index (χ1v) is 9.16. The molecule has 3 N–H and O–H groups in total. The van der Waals surface area contributed by atoms with Gasteiger partial charge in [0.05, 0.1) is 6.54 Å². The van der Waals surface area contributed by atoms with Gasteiger partial charge in [-0.1, -0.05) is 43.5 Å². The molecule has 0 amide bonds. The maximum Gasteiger partial charge on any atom is 0.189 e. The maximum atomic E-state index is 6.02. The Kier molecular flexibility index (Phi) is 5.92. The van der Waals surface area contributed by atoms with Crippen LogP contribution in [0.25, 0.3) is 0 Å². The molecule has 0 unspecified atom stereocenters. The van der Waals surface area contributed by atoms with Crippen LogP contribution in [-0.2, 0) is 13.1 Å². The standard InChI is InChI=1S/C19H30N4/c20-19(22-18-6-2-1-3-7-18)21-14-16-8-10-17(11-9-16)15-23-12-4-5-13-23/h8-11,18H,1-7,12-15H2,(H3,20,21,22). The minimum Gasteiger partial charge on any atom is -0.370 e. The van der Waals surface area contributed by atoms with Crippen molar-refractivity contribution < 1.29 is 0 Å². The summed E-state index contributed by atoms with van der Waals surface area (Å²) < 4.78 is 0. The predicted molar refractivity (Wildman–Crippen MR) is 96.3 cm³/mol. The molecule has 2 aliphatic rings. The van der Waals surface area contributed by atoms with Gasteiger partial charge in [0.2, 0.25) is 0 Å². The van der Waals surface area contributed by atoms with Gasteiger partial charge in [-0.25, -0.2) is 4.99 Å². The molecule has 0 aromatic heterocycles. The zero-order chi connectivity index (χ0) is 15.9. The van der Waals surface area contributed by atoms with Gasteiger partial charge in [0.25, 0.3) is 0 Å². The van der Waals surface area contributed by atoms with Crippen molar-refractivity contribution in [2.24, 2.45) is 10.7 Å². The average molecular weight is 314 g/mol. The monoisotopic (exact) mass is 314 g/mol. The molecule has 4 heteroatoms. The number of aliphatic imine (C=N–C) groups is 1. The molecule has 2 fully saturated rings. The highest BCUT2D eigenvalue weighted by Gasteiger charge is 2.13. The average Bonchev–Trinajstić information content (AvgIpc) is 3.08. The minimum atomic E-state index is 0.523. The van der Waals surface area contributed by atoms with E-state index in [0.717, 1.165) is 6.54 Å². The lowest BCUT2D eigenvalue weighted by atomic mass is 9.96. The van der Waals surface area contributed by atoms with Gasteiger partial charge in [0.1, 0.15) is 0 Å². The van der Waals surface area contributed by atoms with Crippen molar-refractivity contribution in [2.45, 2.75) is 64.1 Å². The molecule has 0 atom stereocenters. The van der Waals surface area contributed by atoms with Crippen molar-refractivity contribution in [2.75, 3.05) is 13.1 Å². The van der Waals surface area contributed by atoms with E-state index in [1.807, 2.05) is 0 Å². The first-order chi connectivity index (χ1) is 11.3. The Morgan fingerprint density at radius 2 is 1.65 bits per heavy atom. The highest BCUT2D eigenvalue weighted by molar-refractivity contribution is 5.78. The Morgan fingerprint density at radius 3 is 2.35 bits per heavy atom. The molecular weight excluding hydrogens is 284 g/mol. The molecule has 23 heavy (non-hydrogen) atoms. The van der Waals surface area contributed by atoms with Gasteiger partial charge >= 0.3 is 0 Å². The molecule has 126 valence electrons. The van der Waals surface area contributed by atoms with Crippen LogP contribution >= 0.6 is 0 Å². The van der Waals surface area contributed by atoms with Crippen molar-refractivity contribution in [3.8, 4) is 0 Å². The number of benzene rings is 1. The van der Waals surface area contributed by atoms with Crippen LogP contribution in [0.15, 0.2) is 29.3 Å². The third kappa shape index (κ3) is 5.24. The molecule has 3 rings (SSSR count). The van der Waals surface area contributed by atoms with Crippen LogP contribution in [0.5, 0.6) is 0 Å². The van der Waals surface area contributed by atoms with E-state index in [2.05, 4.69) is 39.5 Å². The molecule has 1 saturated heterocycles. The van der Waals surface area contributed by atoms with Gasteiger partial charge in [-0.3, -0.25) is 4.90 Å². The zero-order valence-electron chi connectivity index (χ0n) is 14.1. The number of rotatable bonds is 5. The number of likely N-dealkylation sites (tertiary alicyclic amines) is 1. The van der Waals surface area contributed by atoms with Crippen LogP contribution in [0.3, 0.4) is 0 Å². The van der Waals surface area contributed by atoms with Gasteiger partial charge in [-0.2, -0.15) is 0 Å². The van der Waals surface area contributed by atoms with Gasteiger partial charge < -0.3 is 11.1 Å². The van der Waals surface area contributed by atoms with Crippen LogP contribution in [0.1, 0.15) is 56.1 Å². The number of guanidine groups is 1. The molecule has 0 bridgehead atoms. The molecule has 1 heterocycles. The van der Waals surface area contributed by atoms with Crippen LogP contribution in [0, 0.1) is 0 Å². The van der Waals surface area contributed by atoms with Crippen molar-refractivity contribution in [1.29, 1.82) is 0 Å². The highest BCUT2D eigenvalue weighted by atomic mass is 15.1. The molecule has 1 saturated carbocycles. The van der Waals surface area contributed by atoms with Crippen LogP contribution in [0.2, 0.25) is 0 Å². The summed E-state index contributed by atoms with van der Waals surface area (Å²) in [6, 6.07) is 9.35. The lowest BCUT2D eigenvalue weighted by Gasteiger charge is -2.23. The molecule has 4 nitrogen and oxygen atoms in total. The summed E-state index contributed by atoms with van der Waals surface area (Å²) in [5.74, 6) is 0.595. The number of hydrogen-bond acceptors (Lipinski definition) is 2. The summed E-state index contributed by atoms with van der Waals surface area (Å²) in [5.41, 5.74) is 8.65. The topological polar surface area (TPSA) is 53.6 Å². The van der Waals surface area contributed by atoms with E-state index in [4.69, 9.17) is 5.73 Å². The van der Waals surface area contributed by atoms with Crippen molar-refractivity contribution in [3.05, 3.63) is 35.4 Å². The lowest BCUT2D eigenvalue weighted by molar-refractivity contribution is 0.331. The molecule has 1 aromatic rings. The molecular formula is C19H30N4. The maximum absolute atomic E-state index is 6.02. The summed E-state index contributed by atoms with van der Waals surface area (Å²) in [6.45, 7) is 4.23. The predicted octanol–water partition coefficient (Wildman–Crippen LogP) is 3.02. The second-order valence-electron chi connectivity index (χ2n) is 6.98. The Labute approximate surface area is 140 Å². The molecule has 1 aliphatic heterocycles. The Hall–Kier alpha value is -1.55. The Bertz CT molecular complexity index is 497. The summed E-state index contributed by atoms with van der Waals surface area (Å²) in [7, 11) is 0. The summed E-state index contributed by atoms with van der Waals surface area (Å²) >= 11 is 0. The van der Waals surface area contributed by atoms with Crippen molar-refractivity contribution in [3.63, 3.8) is 0 Å².